The predicted octanol–water partition coefficient (Wildman–Crippen LogP) is 2.42. The van der Waals surface area contributed by atoms with Crippen LogP contribution in [-0.2, 0) is 10.4 Å². The number of nitrogens with zero attached hydrogens (tertiary/aromatic N) is 1. The lowest BCUT2D eigenvalue weighted by Crippen LogP contribution is -2.54. The van der Waals surface area contributed by atoms with Gasteiger partial charge in [0.25, 0.3) is 0 Å². The third-order valence-electron chi connectivity index (χ3n) is 5.39. The summed E-state index contributed by atoms with van der Waals surface area (Å²) in [6.45, 7) is 6.42. The Morgan fingerprint density at radius 1 is 1.24 bits per heavy atom. The summed E-state index contributed by atoms with van der Waals surface area (Å²) in [4.78, 5) is 14.6. The van der Waals surface area contributed by atoms with Crippen LogP contribution in [0.5, 0.6) is 5.75 Å². The van der Waals surface area contributed by atoms with Gasteiger partial charge in [-0.2, -0.15) is 0 Å². The van der Waals surface area contributed by atoms with Crippen molar-refractivity contribution >= 4 is 5.91 Å². The van der Waals surface area contributed by atoms with Crippen LogP contribution in [0.25, 0.3) is 0 Å². The van der Waals surface area contributed by atoms with Crippen molar-refractivity contribution in [3.05, 3.63) is 29.8 Å². The minimum Gasteiger partial charge on any atom is -0.497 e. The van der Waals surface area contributed by atoms with Crippen molar-refractivity contribution in [3.63, 3.8) is 0 Å². The fourth-order valence-electron chi connectivity index (χ4n) is 4.33. The summed E-state index contributed by atoms with van der Waals surface area (Å²) in [5.41, 5.74) is -0.0748. The summed E-state index contributed by atoms with van der Waals surface area (Å²) in [5.74, 6) is 0.867. The molecule has 1 aromatic carbocycles. The van der Waals surface area contributed by atoms with Crippen LogP contribution in [0.2, 0.25) is 0 Å². The topological polar surface area (TPSA) is 61.8 Å². The number of nitrogens with one attached hydrogen (secondary N) is 1. The smallest absolute Gasteiger partial charge is 0.234 e. The van der Waals surface area contributed by atoms with Crippen molar-refractivity contribution in [3.8, 4) is 5.75 Å². The summed E-state index contributed by atoms with van der Waals surface area (Å²) in [5, 5.41) is 14.3. The van der Waals surface area contributed by atoms with Gasteiger partial charge in [-0.3, -0.25) is 9.69 Å². The van der Waals surface area contributed by atoms with E-state index in [-0.39, 0.29) is 23.5 Å². The number of rotatable bonds is 4. The molecule has 5 heteroatoms. The largest absolute Gasteiger partial charge is 0.497 e. The number of amides is 1. The lowest BCUT2D eigenvalue weighted by Gasteiger charge is -2.44. The molecule has 1 aromatic rings. The van der Waals surface area contributed by atoms with Crippen molar-refractivity contribution in [1.29, 1.82) is 0 Å². The SMILES string of the molecule is COc1ccc(C2(O)CC3CCC(C2)N3CC(=O)NC(C)(C)C)cc1. The van der Waals surface area contributed by atoms with Gasteiger partial charge in [-0.05, 0) is 64.2 Å². The van der Waals surface area contributed by atoms with Crippen molar-refractivity contribution in [2.45, 2.75) is 69.7 Å². The molecular formula is C20H30N2O3. The van der Waals surface area contributed by atoms with Crippen molar-refractivity contribution in [2.24, 2.45) is 0 Å². The molecule has 2 atom stereocenters. The van der Waals surface area contributed by atoms with Crippen molar-refractivity contribution < 1.29 is 14.6 Å². The summed E-state index contributed by atoms with van der Waals surface area (Å²) < 4.78 is 5.21. The molecular weight excluding hydrogens is 316 g/mol. The maximum absolute atomic E-state index is 12.3. The van der Waals surface area contributed by atoms with Gasteiger partial charge in [-0.25, -0.2) is 0 Å². The number of ether oxygens (including phenoxy) is 1. The molecule has 0 saturated carbocycles. The Bertz CT molecular complexity index is 607. The second kappa shape index (κ2) is 6.61. The first-order valence-corrected chi connectivity index (χ1v) is 9.14. The monoisotopic (exact) mass is 346 g/mol. The van der Waals surface area contributed by atoms with E-state index in [0.717, 1.165) is 24.2 Å². The molecule has 138 valence electrons. The maximum atomic E-state index is 12.3. The van der Waals surface area contributed by atoms with Gasteiger partial charge in [0.05, 0.1) is 19.3 Å². The molecule has 5 nitrogen and oxygen atoms in total. The molecule has 2 heterocycles. The van der Waals surface area contributed by atoms with Crippen LogP contribution in [0.1, 0.15) is 52.0 Å². The Hall–Kier alpha value is -1.59. The minimum absolute atomic E-state index is 0.0688. The molecule has 0 spiro atoms. The lowest BCUT2D eigenvalue weighted by molar-refractivity contribution is -0.127. The number of hydrogen-bond acceptors (Lipinski definition) is 4. The Kier molecular flexibility index (Phi) is 4.82. The van der Waals surface area contributed by atoms with E-state index in [9.17, 15) is 9.90 Å². The van der Waals surface area contributed by atoms with Gasteiger partial charge in [0.2, 0.25) is 5.91 Å². The van der Waals surface area contributed by atoms with Gasteiger partial charge in [0, 0.05) is 17.6 Å². The predicted molar refractivity (Wildman–Crippen MR) is 97.5 cm³/mol. The molecule has 0 aromatic heterocycles. The number of carbonyl (C=O) groups is 1. The summed E-state index contributed by atoms with van der Waals surface area (Å²) in [6, 6.07) is 8.24. The second-order valence-corrected chi connectivity index (χ2v) is 8.52. The Balaban J connectivity index is 1.69. The molecule has 25 heavy (non-hydrogen) atoms. The zero-order valence-corrected chi connectivity index (χ0v) is 15.7. The van der Waals surface area contributed by atoms with Crippen LogP contribution in [0.3, 0.4) is 0 Å². The first-order chi connectivity index (χ1) is 11.7. The van der Waals surface area contributed by atoms with E-state index in [1.54, 1.807) is 7.11 Å². The van der Waals surface area contributed by atoms with E-state index in [4.69, 9.17) is 4.74 Å². The van der Waals surface area contributed by atoms with Crippen LogP contribution >= 0.6 is 0 Å². The van der Waals surface area contributed by atoms with E-state index in [1.165, 1.54) is 0 Å². The van der Waals surface area contributed by atoms with Crippen molar-refractivity contribution in [2.75, 3.05) is 13.7 Å². The molecule has 1 amide bonds. The number of fused-ring (bicyclic) bond motifs is 2. The van der Waals surface area contributed by atoms with E-state index in [1.807, 2.05) is 45.0 Å². The molecule has 2 bridgehead atoms. The Morgan fingerprint density at radius 2 is 1.80 bits per heavy atom. The fourth-order valence-corrected chi connectivity index (χ4v) is 4.33. The number of methoxy groups -OCH3 is 1. The van der Waals surface area contributed by atoms with Crippen molar-refractivity contribution in [1.82, 2.24) is 10.2 Å². The quantitative estimate of drug-likeness (QED) is 0.879. The zero-order valence-electron chi connectivity index (χ0n) is 15.7. The van der Waals surface area contributed by atoms with E-state index < -0.39 is 5.60 Å². The summed E-state index contributed by atoms with van der Waals surface area (Å²) in [7, 11) is 1.64. The highest BCUT2D eigenvalue weighted by Gasteiger charge is 2.48. The van der Waals surface area contributed by atoms with E-state index >= 15 is 0 Å². The summed E-state index contributed by atoms with van der Waals surface area (Å²) >= 11 is 0. The highest BCUT2D eigenvalue weighted by molar-refractivity contribution is 5.78. The normalized spacial score (nSPS) is 29.5. The van der Waals surface area contributed by atoms with Crippen LogP contribution < -0.4 is 10.1 Å². The van der Waals surface area contributed by atoms with Crippen LogP contribution in [-0.4, -0.2) is 47.2 Å². The molecule has 2 aliphatic rings. The van der Waals surface area contributed by atoms with Crippen LogP contribution in [0, 0.1) is 0 Å². The fraction of sp³-hybridized carbons (Fsp3) is 0.650. The molecule has 2 fully saturated rings. The molecule has 0 radical (unpaired) electrons. The van der Waals surface area contributed by atoms with Gasteiger partial charge in [-0.15, -0.1) is 0 Å². The van der Waals surface area contributed by atoms with Gasteiger partial charge in [0.15, 0.2) is 0 Å². The van der Waals surface area contributed by atoms with Crippen LogP contribution in [0.4, 0.5) is 0 Å². The molecule has 2 unspecified atom stereocenters. The number of piperidine rings is 1. The average molecular weight is 346 g/mol. The molecule has 3 rings (SSSR count). The van der Waals surface area contributed by atoms with Gasteiger partial charge in [0.1, 0.15) is 5.75 Å². The third-order valence-corrected chi connectivity index (χ3v) is 5.39. The first-order valence-electron chi connectivity index (χ1n) is 9.14. The van der Waals surface area contributed by atoms with Gasteiger partial charge in [-0.1, -0.05) is 12.1 Å². The van der Waals surface area contributed by atoms with E-state index in [2.05, 4.69) is 10.2 Å². The number of hydrogen-bond donors (Lipinski definition) is 2. The lowest BCUT2D eigenvalue weighted by atomic mass is 9.80. The van der Waals surface area contributed by atoms with Gasteiger partial charge >= 0.3 is 0 Å². The number of aliphatic hydroxyl groups is 1. The highest BCUT2D eigenvalue weighted by atomic mass is 16.5. The van der Waals surface area contributed by atoms with Gasteiger partial charge < -0.3 is 15.2 Å². The number of benzene rings is 1. The Morgan fingerprint density at radius 3 is 2.28 bits per heavy atom. The molecule has 2 aliphatic heterocycles. The number of carbonyl (C=O) groups excluding carboxylic acids is 1. The highest BCUT2D eigenvalue weighted by Crippen LogP contribution is 2.45. The standard InChI is InChI=1S/C20H30N2O3/c1-19(2,3)21-18(23)13-22-15-7-8-16(22)12-20(24,11-15)14-5-9-17(25-4)10-6-14/h5-6,9-10,15-16,24H,7-8,11-13H2,1-4H3,(H,21,23). The zero-order chi connectivity index (χ0) is 18.2. The Labute approximate surface area is 150 Å². The maximum Gasteiger partial charge on any atom is 0.234 e. The summed E-state index contributed by atoms with van der Waals surface area (Å²) in [6.07, 6.45) is 3.45. The minimum atomic E-state index is -0.810. The average Bonchev–Trinajstić information content (AvgIpc) is 2.77. The first kappa shape index (κ1) is 18.2. The molecule has 0 aliphatic carbocycles. The second-order valence-electron chi connectivity index (χ2n) is 8.52. The van der Waals surface area contributed by atoms with E-state index in [0.29, 0.717) is 19.4 Å². The molecule has 2 N–H and O–H groups in total. The third kappa shape index (κ3) is 3.98. The van der Waals surface area contributed by atoms with Crippen LogP contribution in [0.15, 0.2) is 24.3 Å². The molecule has 2 saturated heterocycles.